The Morgan fingerprint density at radius 3 is 2.38 bits per heavy atom. The molecule has 0 heterocycles. The molecule has 1 N–H and O–H groups in total. The second-order valence-corrected chi connectivity index (χ2v) is 4.27. The van der Waals surface area contributed by atoms with Crippen molar-refractivity contribution >= 4 is 5.69 Å². The van der Waals surface area contributed by atoms with E-state index in [2.05, 4.69) is 24.8 Å². The minimum Gasteiger partial charge on any atom is -0.389 e. The van der Waals surface area contributed by atoms with E-state index >= 15 is 0 Å². The van der Waals surface area contributed by atoms with Crippen LogP contribution >= 0.6 is 0 Å². The Balaban J connectivity index is 3.26. The van der Waals surface area contributed by atoms with Crippen molar-refractivity contribution in [2.75, 3.05) is 11.9 Å². The molecular formula is C13H18N2O. The zero-order valence-electron chi connectivity index (χ0n) is 10.2. The van der Waals surface area contributed by atoms with Gasteiger partial charge in [-0.2, -0.15) is 5.26 Å². The monoisotopic (exact) mass is 218 g/mol. The molecule has 86 valence electrons. The SMILES string of the molecule is CC(O)c1ccc(C#N)cc1N(C)C(C)C. The van der Waals surface area contributed by atoms with Crippen LogP contribution in [0.1, 0.15) is 38.0 Å². The lowest BCUT2D eigenvalue weighted by atomic mass is 10.0. The summed E-state index contributed by atoms with van der Waals surface area (Å²) in [5, 5.41) is 18.6. The molecule has 0 spiro atoms. The van der Waals surface area contributed by atoms with Gasteiger partial charge in [0.2, 0.25) is 0 Å². The molecule has 1 aromatic carbocycles. The molecular weight excluding hydrogens is 200 g/mol. The van der Waals surface area contributed by atoms with Crippen LogP contribution in [-0.2, 0) is 0 Å². The summed E-state index contributed by atoms with van der Waals surface area (Å²) in [5.41, 5.74) is 2.39. The van der Waals surface area contributed by atoms with Gasteiger partial charge in [-0.15, -0.1) is 0 Å². The molecule has 0 aromatic heterocycles. The van der Waals surface area contributed by atoms with Crippen molar-refractivity contribution in [1.82, 2.24) is 0 Å². The lowest BCUT2D eigenvalue weighted by molar-refractivity contribution is 0.199. The third-order valence-corrected chi connectivity index (χ3v) is 2.76. The molecule has 0 bridgehead atoms. The van der Waals surface area contributed by atoms with Crippen molar-refractivity contribution in [1.29, 1.82) is 5.26 Å². The summed E-state index contributed by atoms with van der Waals surface area (Å²) in [6.07, 6.45) is -0.524. The van der Waals surface area contributed by atoms with E-state index in [1.807, 2.05) is 19.2 Å². The molecule has 0 aliphatic carbocycles. The fourth-order valence-electron chi connectivity index (χ4n) is 1.55. The summed E-state index contributed by atoms with van der Waals surface area (Å²) < 4.78 is 0. The highest BCUT2D eigenvalue weighted by molar-refractivity contribution is 5.58. The van der Waals surface area contributed by atoms with Crippen LogP contribution in [0, 0.1) is 11.3 Å². The summed E-state index contributed by atoms with van der Waals surface area (Å²) in [7, 11) is 1.97. The smallest absolute Gasteiger partial charge is 0.0992 e. The third-order valence-electron chi connectivity index (χ3n) is 2.76. The summed E-state index contributed by atoms with van der Waals surface area (Å²) in [4.78, 5) is 2.06. The Bertz CT molecular complexity index is 405. The average Bonchev–Trinajstić information content (AvgIpc) is 2.26. The van der Waals surface area contributed by atoms with Crippen LogP contribution in [0.4, 0.5) is 5.69 Å². The number of benzene rings is 1. The van der Waals surface area contributed by atoms with E-state index in [9.17, 15) is 5.11 Å². The van der Waals surface area contributed by atoms with Crippen molar-refractivity contribution < 1.29 is 5.11 Å². The van der Waals surface area contributed by atoms with Crippen LogP contribution < -0.4 is 4.90 Å². The molecule has 0 radical (unpaired) electrons. The van der Waals surface area contributed by atoms with Gasteiger partial charge in [-0.1, -0.05) is 6.07 Å². The summed E-state index contributed by atoms with van der Waals surface area (Å²) >= 11 is 0. The highest BCUT2D eigenvalue weighted by Crippen LogP contribution is 2.27. The zero-order valence-corrected chi connectivity index (χ0v) is 10.2. The number of aliphatic hydroxyl groups is 1. The average molecular weight is 218 g/mol. The minimum absolute atomic E-state index is 0.325. The van der Waals surface area contributed by atoms with Crippen LogP contribution in [0.2, 0.25) is 0 Å². The zero-order chi connectivity index (χ0) is 12.3. The van der Waals surface area contributed by atoms with Crippen LogP contribution in [0.25, 0.3) is 0 Å². The molecule has 0 fully saturated rings. The maximum absolute atomic E-state index is 9.69. The fraction of sp³-hybridized carbons (Fsp3) is 0.462. The van der Waals surface area contributed by atoms with E-state index < -0.39 is 6.10 Å². The second kappa shape index (κ2) is 5.00. The second-order valence-electron chi connectivity index (χ2n) is 4.27. The molecule has 3 nitrogen and oxygen atoms in total. The molecule has 0 saturated heterocycles. The van der Waals surface area contributed by atoms with Crippen molar-refractivity contribution in [3.05, 3.63) is 29.3 Å². The standard InChI is InChI=1S/C13H18N2O/c1-9(2)15(4)13-7-11(8-14)5-6-12(13)10(3)16/h5-7,9-10,16H,1-4H3. The number of rotatable bonds is 3. The van der Waals surface area contributed by atoms with Gasteiger partial charge in [0, 0.05) is 24.3 Å². The Labute approximate surface area is 96.9 Å². The Hall–Kier alpha value is -1.53. The molecule has 1 unspecified atom stereocenters. The number of nitriles is 1. The minimum atomic E-state index is -0.524. The van der Waals surface area contributed by atoms with Crippen molar-refractivity contribution in [2.24, 2.45) is 0 Å². The van der Waals surface area contributed by atoms with Crippen LogP contribution in [0.3, 0.4) is 0 Å². The molecule has 0 amide bonds. The van der Waals surface area contributed by atoms with Gasteiger partial charge in [0.25, 0.3) is 0 Å². The molecule has 3 heteroatoms. The van der Waals surface area contributed by atoms with E-state index in [4.69, 9.17) is 5.26 Å². The normalized spacial score (nSPS) is 12.3. The van der Waals surface area contributed by atoms with E-state index in [1.165, 1.54) is 0 Å². The van der Waals surface area contributed by atoms with Gasteiger partial charge in [0.05, 0.1) is 17.7 Å². The Morgan fingerprint density at radius 1 is 1.31 bits per heavy atom. The van der Waals surface area contributed by atoms with Gasteiger partial charge in [-0.3, -0.25) is 0 Å². The largest absolute Gasteiger partial charge is 0.389 e. The van der Waals surface area contributed by atoms with Crippen molar-refractivity contribution in [3.63, 3.8) is 0 Å². The molecule has 0 aliphatic heterocycles. The van der Waals surface area contributed by atoms with E-state index in [-0.39, 0.29) is 0 Å². The highest BCUT2D eigenvalue weighted by Gasteiger charge is 2.14. The first-order valence-corrected chi connectivity index (χ1v) is 5.42. The van der Waals surface area contributed by atoms with Crippen LogP contribution in [0.5, 0.6) is 0 Å². The first-order chi connectivity index (χ1) is 7.47. The molecule has 0 aliphatic rings. The quantitative estimate of drug-likeness (QED) is 0.847. The van der Waals surface area contributed by atoms with Gasteiger partial charge in [-0.25, -0.2) is 0 Å². The first kappa shape index (κ1) is 12.5. The Morgan fingerprint density at radius 2 is 1.94 bits per heavy atom. The predicted molar refractivity (Wildman–Crippen MR) is 65.3 cm³/mol. The topological polar surface area (TPSA) is 47.3 Å². The van der Waals surface area contributed by atoms with E-state index in [0.717, 1.165) is 11.3 Å². The number of aliphatic hydroxyl groups excluding tert-OH is 1. The maximum Gasteiger partial charge on any atom is 0.0992 e. The third kappa shape index (κ3) is 2.53. The summed E-state index contributed by atoms with van der Waals surface area (Å²) in [6, 6.07) is 7.82. The molecule has 1 aromatic rings. The first-order valence-electron chi connectivity index (χ1n) is 5.42. The van der Waals surface area contributed by atoms with Crippen LogP contribution in [-0.4, -0.2) is 18.2 Å². The van der Waals surface area contributed by atoms with Gasteiger partial charge in [0.1, 0.15) is 0 Å². The lowest BCUT2D eigenvalue weighted by Crippen LogP contribution is -2.27. The number of nitrogens with zero attached hydrogens (tertiary/aromatic N) is 2. The predicted octanol–water partition coefficient (Wildman–Crippen LogP) is 2.46. The summed E-state index contributed by atoms with van der Waals surface area (Å²) in [6.45, 7) is 5.88. The lowest BCUT2D eigenvalue weighted by Gasteiger charge is -2.27. The van der Waals surface area contributed by atoms with Gasteiger partial charge in [-0.05, 0) is 32.9 Å². The molecule has 16 heavy (non-hydrogen) atoms. The number of hydrogen-bond acceptors (Lipinski definition) is 3. The molecule has 0 saturated carbocycles. The van der Waals surface area contributed by atoms with E-state index in [0.29, 0.717) is 11.6 Å². The van der Waals surface area contributed by atoms with Gasteiger partial charge < -0.3 is 10.0 Å². The van der Waals surface area contributed by atoms with Crippen molar-refractivity contribution in [2.45, 2.75) is 32.9 Å². The van der Waals surface area contributed by atoms with Gasteiger partial charge >= 0.3 is 0 Å². The molecule has 1 atom stereocenters. The fourth-order valence-corrected chi connectivity index (χ4v) is 1.55. The van der Waals surface area contributed by atoms with Gasteiger partial charge in [0.15, 0.2) is 0 Å². The Kier molecular flexibility index (Phi) is 3.92. The summed E-state index contributed by atoms with van der Waals surface area (Å²) in [5.74, 6) is 0. The maximum atomic E-state index is 9.69. The highest BCUT2D eigenvalue weighted by atomic mass is 16.3. The number of anilines is 1. The van der Waals surface area contributed by atoms with E-state index in [1.54, 1.807) is 13.0 Å². The van der Waals surface area contributed by atoms with Crippen LogP contribution in [0.15, 0.2) is 18.2 Å². The van der Waals surface area contributed by atoms with Crippen molar-refractivity contribution in [3.8, 4) is 6.07 Å². The number of hydrogen-bond donors (Lipinski definition) is 1. The molecule has 1 rings (SSSR count).